The molecule has 0 spiro atoms. The summed E-state index contributed by atoms with van der Waals surface area (Å²) in [4.78, 5) is 16.7. The van der Waals surface area contributed by atoms with Gasteiger partial charge in [-0.05, 0) is 36.8 Å². The maximum atomic E-state index is 12.3. The molecule has 1 aromatic heterocycles. The molecule has 1 aliphatic heterocycles. The van der Waals surface area contributed by atoms with Gasteiger partial charge in [-0.25, -0.2) is 4.98 Å². The molecule has 2 N–H and O–H groups in total. The first kappa shape index (κ1) is 16.4. The van der Waals surface area contributed by atoms with Crippen molar-refractivity contribution >= 4 is 28.1 Å². The third-order valence-electron chi connectivity index (χ3n) is 3.93. The Labute approximate surface area is 154 Å². The lowest BCUT2D eigenvalue weighted by Gasteiger charge is -2.05. The normalized spacial score (nSPS) is 12.0. The molecule has 26 heavy (non-hydrogen) atoms. The molecule has 0 saturated heterocycles. The van der Waals surface area contributed by atoms with Gasteiger partial charge in [-0.3, -0.25) is 4.79 Å². The summed E-state index contributed by atoms with van der Waals surface area (Å²) in [5.41, 5.74) is 3.47. The standard InChI is InChI=1S/C19H17N3O3S/c1-12-2-5-14(6-3-12)21-19-22-15(10-26-19)18(23)20-9-13-4-7-16-17(8-13)25-11-24-16/h2-8,10H,9,11H2,1H3,(H,20,23)(H,21,22). The van der Waals surface area contributed by atoms with Gasteiger partial charge in [0.1, 0.15) is 5.69 Å². The molecule has 3 aromatic rings. The van der Waals surface area contributed by atoms with Gasteiger partial charge in [0.25, 0.3) is 5.91 Å². The molecule has 4 rings (SSSR count). The van der Waals surface area contributed by atoms with E-state index in [1.54, 1.807) is 5.38 Å². The zero-order valence-electron chi connectivity index (χ0n) is 14.1. The van der Waals surface area contributed by atoms with Crippen LogP contribution in [0.1, 0.15) is 21.6 Å². The number of anilines is 2. The van der Waals surface area contributed by atoms with E-state index in [-0.39, 0.29) is 12.7 Å². The predicted octanol–water partition coefficient (Wildman–Crippen LogP) is 3.85. The fourth-order valence-corrected chi connectivity index (χ4v) is 3.23. The van der Waals surface area contributed by atoms with Gasteiger partial charge in [0.15, 0.2) is 16.6 Å². The molecule has 2 aromatic carbocycles. The van der Waals surface area contributed by atoms with Crippen LogP contribution >= 0.6 is 11.3 Å². The lowest BCUT2D eigenvalue weighted by Crippen LogP contribution is -2.23. The number of thiazole rings is 1. The summed E-state index contributed by atoms with van der Waals surface area (Å²) in [7, 11) is 0. The number of aromatic nitrogens is 1. The molecule has 0 saturated carbocycles. The molecule has 0 bridgehead atoms. The Kier molecular flexibility index (Phi) is 4.45. The van der Waals surface area contributed by atoms with Crippen molar-refractivity contribution < 1.29 is 14.3 Å². The second-order valence-corrected chi connectivity index (χ2v) is 6.76. The average molecular weight is 367 g/mol. The van der Waals surface area contributed by atoms with Crippen LogP contribution in [0.15, 0.2) is 47.8 Å². The van der Waals surface area contributed by atoms with E-state index in [0.29, 0.717) is 23.1 Å². The fraction of sp³-hybridized carbons (Fsp3) is 0.158. The molecule has 0 unspecified atom stereocenters. The van der Waals surface area contributed by atoms with Crippen LogP contribution in [0, 0.1) is 6.92 Å². The number of rotatable bonds is 5. The van der Waals surface area contributed by atoms with Crippen molar-refractivity contribution in [2.24, 2.45) is 0 Å². The molecule has 1 amide bonds. The average Bonchev–Trinajstić information content (AvgIpc) is 3.30. The molecular formula is C19H17N3O3S. The first-order chi connectivity index (χ1) is 12.7. The highest BCUT2D eigenvalue weighted by atomic mass is 32.1. The van der Waals surface area contributed by atoms with Gasteiger partial charge in [-0.15, -0.1) is 11.3 Å². The molecule has 2 heterocycles. The Morgan fingerprint density at radius 3 is 2.81 bits per heavy atom. The topological polar surface area (TPSA) is 72.5 Å². The maximum Gasteiger partial charge on any atom is 0.271 e. The Balaban J connectivity index is 1.36. The first-order valence-corrected chi connectivity index (χ1v) is 9.01. The Morgan fingerprint density at radius 2 is 1.96 bits per heavy atom. The number of hydrogen-bond donors (Lipinski definition) is 2. The summed E-state index contributed by atoms with van der Waals surface area (Å²) >= 11 is 1.40. The van der Waals surface area contributed by atoms with Crippen molar-refractivity contribution in [3.8, 4) is 11.5 Å². The number of amides is 1. The van der Waals surface area contributed by atoms with Gasteiger partial charge in [0.05, 0.1) is 0 Å². The van der Waals surface area contributed by atoms with E-state index in [1.165, 1.54) is 16.9 Å². The molecule has 0 atom stereocenters. The van der Waals surface area contributed by atoms with Gasteiger partial charge < -0.3 is 20.1 Å². The van der Waals surface area contributed by atoms with Crippen molar-refractivity contribution in [3.05, 3.63) is 64.7 Å². The predicted molar refractivity (Wildman–Crippen MR) is 100 cm³/mol. The van der Waals surface area contributed by atoms with E-state index in [0.717, 1.165) is 17.0 Å². The summed E-state index contributed by atoms with van der Waals surface area (Å²) in [5.74, 6) is 1.22. The van der Waals surface area contributed by atoms with Crippen molar-refractivity contribution in [1.29, 1.82) is 0 Å². The summed E-state index contributed by atoms with van der Waals surface area (Å²) < 4.78 is 10.6. The van der Waals surface area contributed by atoms with Crippen molar-refractivity contribution in [2.45, 2.75) is 13.5 Å². The monoisotopic (exact) mass is 367 g/mol. The molecule has 0 fully saturated rings. The SMILES string of the molecule is Cc1ccc(Nc2nc(C(=O)NCc3ccc4c(c3)OCO4)cs2)cc1. The number of hydrogen-bond acceptors (Lipinski definition) is 6. The van der Waals surface area contributed by atoms with Crippen LogP contribution in [-0.2, 0) is 6.54 Å². The number of nitrogens with zero attached hydrogens (tertiary/aromatic N) is 1. The lowest BCUT2D eigenvalue weighted by molar-refractivity contribution is 0.0946. The quantitative estimate of drug-likeness (QED) is 0.717. The highest BCUT2D eigenvalue weighted by Crippen LogP contribution is 2.32. The third kappa shape index (κ3) is 3.62. The minimum Gasteiger partial charge on any atom is -0.454 e. The highest BCUT2D eigenvalue weighted by molar-refractivity contribution is 7.14. The number of carbonyl (C=O) groups excluding carboxylic acids is 1. The number of nitrogens with one attached hydrogen (secondary N) is 2. The van der Waals surface area contributed by atoms with Crippen LogP contribution < -0.4 is 20.1 Å². The molecule has 0 aliphatic carbocycles. The Morgan fingerprint density at radius 1 is 1.15 bits per heavy atom. The molecule has 132 valence electrons. The van der Waals surface area contributed by atoms with Gasteiger partial charge in [-0.2, -0.15) is 0 Å². The van der Waals surface area contributed by atoms with Gasteiger partial charge in [-0.1, -0.05) is 23.8 Å². The largest absolute Gasteiger partial charge is 0.454 e. The maximum absolute atomic E-state index is 12.3. The smallest absolute Gasteiger partial charge is 0.271 e. The van der Waals surface area contributed by atoms with Crippen molar-refractivity contribution in [1.82, 2.24) is 10.3 Å². The van der Waals surface area contributed by atoms with Crippen LogP contribution in [0.4, 0.5) is 10.8 Å². The van der Waals surface area contributed by atoms with Crippen LogP contribution in [0.3, 0.4) is 0 Å². The number of benzene rings is 2. The van der Waals surface area contributed by atoms with E-state index >= 15 is 0 Å². The molecular weight excluding hydrogens is 350 g/mol. The first-order valence-electron chi connectivity index (χ1n) is 8.13. The van der Waals surface area contributed by atoms with E-state index in [9.17, 15) is 4.79 Å². The van der Waals surface area contributed by atoms with E-state index in [2.05, 4.69) is 15.6 Å². The molecule has 7 heteroatoms. The minimum atomic E-state index is -0.212. The third-order valence-corrected chi connectivity index (χ3v) is 4.69. The number of ether oxygens (including phenoxy) is 2. The molecule has 0 radical (unpaired) electrons. The van der Waals surface area contributed by atoms with Gasteiger partial charge in [0, 0.05) is 17.6 Å². The van der Waals surface area contributed by atoms with Crippen molar-refractivity contribution in [2.75, 3.05) is 12.1 Å². The van der Waals surface area contributed by atoms with Crippen molar-refractivity contribution in [3.63, 3.8) is 0 Å². The second-order valence-electron chi connectivity index (χ2n) is 5.90. The zero-order valence-corrected chi connectivity index (χ0v) is 14.9. The second kappa shape index (κ2) is 7.05. The van der Waals surface area contributed by atoms with Crippen LogP contribution in [0.25, 0.3) is 0 Å². The summed E-state index contributed by atoms with van der Waals surface area (Å²) in [6, 6.07) is 13.6. The fourth-order valence-electron chi connectivity index (χ4n) is 2.52. The van der Waals surface area contributed by atoms with E-state index in [1.807, 2.05) is 49.4 Å². The number of fused-ring (bicyclic) bond motifs is 1. The highest BCUT2D eigenvalue weighted by Gasteiger charge is 2.14. The molecule has 6 nitrogen and oxygen atoms in total. The van der Waals surface area contributed by atoms with Gasteiger partial charge >= 0.3 is 0 Å². The van der Waals surface area contributed by atoms with Crippen LogP contribution in [0.5, 0.6) is 11.5 Å². The summed E-state index contributed by atoms with van der Waals surface area (Å²) in [5, 5.41) is 8.50. The summed E-state index contributed by atoms with van der Waals surface area (Å²) in [6.07, 6.45) is 0. The van der Waals surface area contributed by atoms with E-state index in [4.69, 9.17) is 9.47 Å². The van der Waals surface area contributed by atoms with Crippen LogP contribution in [-0.4, -0.2) is 17.7 Å². The molecule has 1 aliphatic rings. The minimum absolute atomic E-state index is 0.212. The lowest BCUT2D eigenvalue weighted by atomic mass is 10.2. The summed E-state index contributed by atoms with van der Waals surface area (Å²) in [6.45, 7) is 2.67. The number of aryl methyl sites for hydroxylation is 1. The number of carbonyl (C=O) groups is 1. The zero-order chi connectivity index (χ0) is 17.9. The Bertz CT molecular complexity index is 937. The Hall–Kier alpha value is -3.06. The van der Waals surface area contributed by atoms with E-state index < -0.39 is 0 Å². The van der Waals surface area contributed by atoms with Crippen LogP contribution in [0.2, 0.25) is 0 Å². The van der Waals surface area contributed by atoms with Gasteiger partial charge in [0.2, 0.25) is 6.79 Å².